The highest BCUT2D eigenvalue weighted by Crippen LogP contribution is 2.39. The van der Waals surface area contributed by atoms with Gasteiger partial charge in [0, 0.05) is 33.1 Å². The molecule has 0 radical (unpaired) electrons. The second-order valence-electron chi connectivity index (χ2n) is 6.86. The van der Waals surface area contributed by atoms with E-state index in [2.05, 4.69) is 26.2 Å². The highest BCUT2D eigenvalue weighted by atomic mass is 79.9. The van der Waals surface area contributed by atoms with E-state index in [1.807, 2.05) is 49.4 Å². The van der Waals surface area contributed by atoms with Crippen LogP contribution in [0.4, 0.5) is 0 Å². The van der Waals surface area contributed by atoms with Gasteiger partial charge in [0.05, 0.1) is 5.02 Å². The Hall–Kier alpha value is -2.54. The number of pyridine rings is 1. The SMILES string of the molecule is CNC(=O)c1oc2nc(-c3ccc(Br)cc3Cl)c(OCc3ccc(Cl)cc3)cc2c1C. The minimum Gasteiger partial charge on any atom is -0.487 e. The fourth-order valence-corrected chi connectivity index (χ4v) is 4.07. The lowest BCUT2D eigenvalue weighted by Gasteiger charge is -2.13. The first-order chi connectivity index (χ1) is 14.9. The third-order valence-corrected chi connectivity index (χ3v) is 5.88. The third-order valence-electron chi connectivity index (χ3n) is 4.82. The molecular formula is C23H17BrCl2N2O3. The van der Waals surface area contributed by atoms with Gasteiger partial charge in [0.1, 0.15) is 18.1 Å². The second-order valence-corrected chi connectivity index (χ2v) is 8.62. The summed E-state index contributed by atoms with van der Waals surface area (Å²) in [6.07, 6.45) is 0. The summed E-state index contributed by atoms with van der Waals surface area (Å²) in [5.74, 6) is 0.425. The number of ether oxygens (including phenoxy) is 1. The number of furan rings is 1. The summed E-state index contributed by atoms with van der Waals surface area (Å²) in [6, 6.07) is 14.8. The summed E-state index contributed by atoms with van der Waals surface area (Å²) in [5.41, 5.74) is 3.19. The Kier molecular flexibility index (Phi) is 6.23. The third kappa shape index (κ3) is 4.42. The van der Waals surface area contributed by atoms with Crippen LogP contribution in [0.25, 0.3) is 22.4 Å². The Morgan fingerprint density at radius 3 is 2.58 bits per heavy atom. The van der Waals surface area contributed by atoms with Gasteiger partial charge in [0.25, 0.3) is 5.91 Å². The maximum atomic E-state index is 12.2. The van der Waals surface area contributed by atoms with Gasteiger partial charge >= 0.3 is 0 Å². The predicted molar refractivity (Wildman–Crippen MR) is 126 cm³/mol. The maximum absolute atomic E-state index is 12.2. The predicted octanol–water partition coefficient (Wildman–Crippen LogP) is 6.81. The Morgan fingerprint density at radius 1 is 1.16 bits per heavy atom. The molecule has 5 nitrogen and oxygen atoms in total. The van der Waals surface area contributed by atoms with Gasteiger partial charge in [-0.3, -0.25) is 4.79 Å². The van der Waals surface area contributed by atoms with Gasteiger partial charge < -0.3 is 14.5 Å². The highest BCUT2D eigenvalue weighted by molar-refractivity contribution is 9.10. The average Bonchev–Trinajstić information content (AvgIpc) is 3.08. The summed E-state index contributed by atoms with van der Waals surface area (Å²) in [6.45, 7) is 2.12. The first-order valence-electron chi connectivity index (χ1n) is 9.36. The molecule has 2 aromatic heterocycles. The van der Waals surface area contributed by atoms with Crippen molar-refractivity contribution < 1.29 is 13.9 Å². The number of aromatic nitrogens is 1. The lowest BCUT2D eigenvalue weighted by atomic mass is 10.1. The van der Waals surface area contributed by atoms with Crippen molar-refractivity contribution in [2.75, 3.05) is 7.05 Å². The smallest absolute Gasteiger partial charge is 0.287 e. The molecule has 0 spiro atoms. The quantitative estimate of drug-likeness (QED) is 0.314. The van der Waals surface area contributed by atoms with Crippen LogP contribution in [-0.2, 0) is 6.61 Å². The van der Waals surface area contributed by atoms with Crippen LogP contribution in [0.2, 0.25) is 10.0 Å². The summed E-state index contributed by atoms with van der Waals surface area (Å²) < 4.78 is 12.8. The number of nitrogens with zero attached hydrogens (tertiary/aromatic N) is 1. The molecule has 158 valence electrons. The largest absolute Gasteiger partial charge is 0.487 e. The molecule has 0 fully saturated rings. The van der Waals surface area contributed by atoms with Crippen molar-refractivity contribution in [3.63, 3.8) is 0 Å². The molecule has 4 rings (SSSR count). The van der Waals surface area contributed by atoms with Gasteiger partial charge in [0.2, 0.25) is 5.71 Å². The van der Waals surface area contributed by atoms with E-state index in [0.717, 1.165) is 10.0 Å². The normalized spacial score (nSPS) is 11.0. The summed E-state index contributed by atoms with van der Waals surface area (Å²) in [5, 5.41) is 4.44. The van der Waals surface area contributed by atoms with Crippen LogP contribution in [-0.4, -0.2) is 17.9 Å². The number of nitrogens with one attached hydrogen (secondary N) is 1. The van der Waals surface area contributed by atoms with Crippen molar-refractivity contribution in [1.82, 2.24) is 10.3 Å². The zero-order chi connectivity index (χ0) is 22.1. The van der Waals surface area contributed by atoms with E-state index >= 15 is 0 Å². The zero-order valence-corrected chi connectivity index (χ0v) is 19.7. The number of fused-ring (bicyclic) bond motifs is 1. The van der Waals surface area contributed by atoms with Crippen LogP contribution in [0.3, 0.4) is 0 Å². The Morgan fingerprint density at radius 2 is 1.90 bits per heavy atom. The number of rotatable bonds is 5. The Labute approximate surface area is 197 Å². The molecule has 0 aliphatic carbocycles. The van der Waals surface area contributed by atoms with Crippen LogP contribution in [0, 0.1) is 6.92 Å². The average molecular weight is 520 g/mol. The van der Waals surface area contributed by atoms with E-state index in [4.69, 9.17) is 32.4 Å². The number of hydrogen-bond acceptors (Lipinski definition) is 4. The molecule has 31 heavy (non-hydrogen) atoms. The molecule has 4 aromatic rings. The minimum absolute atomic E-state index is 0.215. The number of carbonyl (C=O) groups excluding carboxylic acids is 1. The van der Waals surface area contributed by atoms with Crippen molar-refractivity contribution in [2.24, 2.45) is 0 Å². The standard InChI is InChI=1S/C23H17BrCl2N2O3/c1-12-17-10-19(30-11-13-3-6-15(25)7-4-13)20(16-8-5-14(24)9-18(16)26)28-23(17)31-21(12)22(29)27-2/h3-10H,11H2,1-2H3,(H,27,29). The maximum Gasteiger partial charge on any atom is 0.287 e. The van der Waals surface area contributed by atoms with Gasteiger partial charge in [-0.25, -0.2) is 4.98 Å². The Bertz CT molecular complexity index is 1290. The zero-order valence-electron chi connectivity index (χ0n) is 16.6. The topological polar surface area (TPSA) is 64.4 Å². The summed E-state index contributed by atoms with van der Waals surface area (Å²) in [4.78, 5) is 16.8. The van der Waals surface area contributed by atoms with Crippen LogP contribution in [0.15, 0.2) is 57.4 Å². The van der Waals surface area contributed by atoms with Crippen LogP contribution >= 0.6 is 39.1 Å². The molecular weight excluding hydrogens is 503 g/mol. The fourth-order valence-electron chi connectivity index (χ4n) is 3.18. The van der Waals surface area contributed by atoms with Crippen molar-refractivity contribution >= 4 is 56.1 Å². The van der Waals surface area contributed by atoms with Gasteiger partial charge in [-0.1, -0.05) is 57.3 Å². The Balaban J connectivity index is 1.84. The van der Waals surface area contributed by atoms with Crippen LogP contribution in [0.1, 0.15) is 21.7 Å². The van der Waals surface area contributed by atoms with E-state index in [9.17, 15) is 4.79 Å². The van der Waals surface area contributed by atoms with E-state index < -0.39 is 0 Å². The monoisotopic (exact) mass is 518 g/mol. The van der Waals surface area contributed by atoms with Crippen molar-refractivity contribution in [3.8, 4) is 17.0 Å². The van der Waals surface area contributed by atoms with Crippen LogP contribution < -0.4 is 10.1 Å². The molecule has 0 aliphatic heterocycles. The molecule has 2 heterocycles. The van der Waals surface area contributed by atoms with Crippen molar-refractivity contribution in [1.29, 1.82) is 0 Å². The lowest BCUT2D eigenvalue weighted by molar-refractivity contribution is 0.0936. The van der Waals surface area contributed by atoms with E-state index in [1.54, 1.807) is 13.1 Å². The second kappa shape index (κ2) is 8.91. The lowest BCUT2D eigenvalue weighted by Crippen LogP contribution is -2.17. The van der Waals surface area contributed by atoms with Gasteiger partial charge in [-0.2, -0.15) is 0 Å². The molecule has 0 unspecified atom stereocenters. The number of halogens is 3. The number of aryl methyl sites for hydroxylation is 1. The number of benzene rings is 2. The molecule has 0 bridgehead atoms. The van der Waals surface area contributed by atoms with E-state index in [0.29, 0.717) is 50.3 Å². The van der Waals surface area contributed by atoms with E-state index in [1.165, 1.54) is 0 Å². The number of amides is 1. The first-order valence-corrected chi connectivity index (χ1v) is 10.9. The molecule has 0 atom stereocenters. The van der Waals surface area contributed by atoms with Gasteiger partial charge in [-0.05, 0) is 42.8 Å². The molecule has 1 amide bonds. The molecule has 0 aliphatic rings. The van der Waals surface area contributed by atoms with Gasteiger partial charge in [-0.15, -0.1) is 0 Å². The van der Waals surface area contributed by atoms with Gasteiger partial charge in [0.15, 0.2) is 5.76 Å². The molecule has 2 aromatic carbocycles. The molecule has 0 saturated carbocycles. The first kappa shape index (κ1) is 21.7. The summed E-state index contributed by atoms with van der Waals surface area (Å²) >= 11 is 15.9. The summed E-state index contributed by atoms with van der Waals surface area (Å²) in [7, 11) is 1.55. The molecule has 1 N–H and O–H groups in total. The number of hydrogen-bond donors (Lipinski definition) is 1. The molecule has 8 heteroatoms. The highest BCUT2D eigenvalue weighted by Gasteiger charge is 2.22. The van der Waals surface area contributed by atoms with Crippen molar-refractivity contribution in [2.45, 2.75) is 13.5 Å². The van der Waals surface area contributed by atoms with Crippen molar-refractivity contribution in [3.05, 3.63) is 79.9 Å². The fraction of sp³-hybridized carbons (Fsp3) is 0.130. The minimum atomic E-state index is -0.317. The van der Waals surface area contributed by atoms with Crippen LogP contribution in [0.5, 0.6) is 5.75 Å². The van der Waals surface area contributed by atoms with E-state index in [-0.39, 0.29) is 11.7 Å². The number of carbonyl (C=O) groups is 1. The molecule has 0 saturated heterocycles.